The zero-order valence-electron chi connectivity index (χ0n) is 13.8. The third-order valence-electron chi connectivity index (χ3n) is 3.59. The SMILES string of the molecule is CCCNCc1c(N(CC)CC(C)C)nc2ccccn12. The first-order valence-electron chi connectivity index (χ1n) is 8.09. The summed E-state index contributed by atoms with van der Waals surface area (Å²) in [6.07, 6.45) is 3.26. The fourth-order valence-electron chi connectivity index (χ4n) is 2.64. The standard InChI is InChI=1S/C17H28N4/c1-5-10-18-12-15-17(20(6-2)13-14(3)4)19-16-9-7-8-11-21(15)16/h7-9,11,14,18H,5-6,10,12-13H2,1-4H3. The molecule has 0 atom stereocenters. The Kier molecular flexibility index (Phi) is 5.62. The van der Waals surface area contributed by atoms with Crippen molar-refractivity contribution in [2.75, 3.05) is 24.5 Å². The number of rotatable bonds is 8. The maximum atomic E-state index is 4.86. The van der Waals surface area contributed by atoms with Crippen LogP contribution < -0.4 is 10.2 Å². The molecule has 0 aliphatic heterocycles. The highest BCUT2D eigenvalue weighted by molar-refractivity contribution is 5.56. The van der Waals surface area contributed by atoms with Crippen LogP contribution in [0.15, 0.2) is 24.4 Å². The summed E-state index contributed by atoms with van der Waals surface area (Å²) in [6, 6.07) is 6.20. The van der Waals surface area contributed by atoms with Gasteiger partial charge in [-0.2, -0.15) is 0 Å². The molecule has 21 heavy (non-hydrogen) atoms. The molecule has 2 rings (SSSR count). The molecule has 2 heterocycles. The van der Waals surface area contributed by atoms with Gasteiger partial charge >= 0.3 is 0 Å². The van der Waals surface area contributed by atoms with Crippen LogP contribution in [0, 0.1) is 5.92 Å². The molecular formula is C17H28N4. The van der Waals surface area contributed by atoms with E-state index >= 15 is 0 Å². The molecule has 2 aromatic rings. The number of anilines is 1. The van der Waals surface area contributed by atoms with Gasteiger partial charge in [0, 0.05) is 25.8 Å². The minimum atomic E-state index is 0.631. The fraction of sp³-hybridized carbons (Fsp3) is 0.588. The Labute approximate surface area is 128 Å². The number of imidazole rings is 1. The monoisotopic (exact) mass is 288 g/mol. The summed E-state index contributed by atoms with van der Waals surface area (Å²) in [4.78, 5) is 7.25. The molecule has 0 saturated heterocycles. The van der Waals surface area contributed by atoms with Gasteiger partial charge < -0.3 is 14.6 Å². The van der Waals surface area contributed by atoms with Gasteiger partial charge in [-0.1, -0.05) is 26.8 Å². The van der Waals surface area contributed by atoms with Crippen LogP contribution in [-0.2, 0) is 6.54 Å². The molecule has 1 N–H and O–H groups in total. The first-order valence-corrected chi connectivity index (χ1v) is 8.09. The van der Waals surface area contributed by atoms with E-state index in [2.05, 4.69) is 60.6 Å². The predicted octanol–water partition coefficient (Wildman–Crippen LogP) is 3.32. The smallest absolute Gasteiger partial charge is 0.152 e. The molecule has 0 aromatic carbocycles. The lowest BCUT2D eigenvalue weighted by Crippen LogP contribution is -2.29. The van der Waals surface area contributed by atoms with Crippen molar-refractivity contribution in [1.29, 1.82) is 0 Å². The summed E-state index contributed by atoms with van der Waals surface area (Å²) in [5, 5.41) is 3.51. The van der Waals surface area contributed by atoms with Crippen molar-refractivity contribution in [3.05, 3.63) is 30.1 Å². The number of aromatic nitrogens is 2. The van der Waals surface area contributed by atoms with E-state index in [1.165, 1.54) is 5.69 Å². The zero-order valence-corrected chi connectivity index (χ0v) is 13.8. The maximum Gasteiger partial charge on any atom is 0.152 e. The molecular weight excluding hydrogens is 260 g/mol. The van der Waals surface area contributed by atoms with Crippen molar-refractivity contribution in [2.45, 2.75) is 40.7 Å². The van der Waals surface area contributed by atoms with E-state index in [-0.39, 0.29) is 0 Å². The van der Waals surface area contributed by atoms with E-state index in [9.17, 15) is 0 Å². The molecule has 0 aliphatic rings. The van der Waals surface area contributed by atoms with E-state index in [0.717, 1.165) is 44.1 Å². The quantitative estimate of drug-likeness (QED) is 0.756. The molecule has 0 aliphatic carbocycles. The maximum absolute atomic E-state index is 4.86. The lowest BCUT2D eigenvalue weighted by Gasteiger charge is -2.24. The van der Waals surface area contributed by atoms with Crippen molar-refractivity contribution < 1.29 is 0 Å². The second kappa shape index (κ2) is 7.46. The lowest BCUT2D eigenvalue weighted by atomic mass is 10.2. The largest absolute Gasteiger partial charge is 0.355 e. The minimum Gasteiger partial charge on any atom is -0.355 e. The van der Waals surface area contributed by atoms with Crippen LogP contribution in [0.2, 0.25) is 0 Å². The van der Waals surface area contributed by atoms with Gasteiger partial charge in [-0.25, -0.2) is 4.98 Å². The van der Waals surface area contributed by atoms with E-state index in [4.69, 9.17) is 4.98 Å². The van der Waals surface area contributed by atoms with E-state index in [0.29, 0.717) is 5.92 Å². The van der Waals surface area contributed by atoms with Crippen LogP contribution in [0.1, 0.15) is 39.8 Å². The predicted molar refractivity (Wildman–Crippen MR) is 89.9 cm³/mol. The molecule has 0 unspecified atom stereocenters. The van der Waals surface area contributed by atoms with Crippen LogP contribution in [0.3, 0.4) is 0 Å². The van der Waals surface area contributed by atoms with Gasteiger partial charge in [0.2, 0.25) is 0 Å². The van der Waals surface area contributed by atoms with Crippen LogP contribution >= 0.6 is 0 Å². The van der Waals surface area contributed by atoms with E-state index < -0.39 is 0 Å². The molecule has 2 aromatic heterocycles. The highest BCUT2D eigenvalue weighted by atomic mass is 15.2. The van der Waals surface area contributed by atoms with Gasteiger partial charge in [0.15, 0.2) is 5.82 Å². The summed E-state index contributed by atoms with van der Waals surface area (Å²) in [5.74, 6) is 1.76. The fourth-order valence-corrected chi connectivity index (χ4v) is 2.64. The van der Waals surface area contributed by atoms with Gasteiger partial charge in [0.1, 0.15) is 5.65 Å². The second-order valence-electron chi connectivity index (χ2n) is 5.92. The van der Waals surface area contributed by atoms with Crippen molar-refractivity contribution in [3.8, 4) is 0 Å². The van der Waals surface area contributed by atoms with Crippen molar-refractivity contribution in [3.63, 3.8) is 0 Å². The summed E-state index contributed by atoms with van der Waals surface area (Å²) in [6.45, 7) is 12.8. The normalized spacial score (nSPS) is 11.5. The van der Waals surface area contributed by atoms with Gasteiger partial charge in [-0.05, 0) is 37.9 Å². The minimum absolute atomic E-state index is 0.631. The van der Waals surface area contributed by atoms with Gasteiger partial charge in [-0.3, -0.25) is 0 Å². The Morgan fingerprint density at radius 3 is 2.76 bits per heavy atom. The summed E-state index contributed by atoms with van der Waals surface area (Å²) < 4.78 is 2.21. The highest BCUT2D eigenvalue weighted by Gasteiger charge is 2.17. The number of nitrogens with one attached hydrogen (secondary N) is 1. The first-order chi connectivity index (χ1) is 10.2. The Bertz CT molecular complexity index is 559. The number of pyridine rings is 1. The molecule has 0 spiro atoms. The van der Waals surface area contributed by atoms with Crippen LogP contribution in [0.5, 0.6) is 0 Å². The van der Waals surface area contributed by atoms with Gasteiger partial charge in [0.25, 0.3) is 0 Å². The zero-order chi connectivity index (χ0) is 15.2. The highest BCUT2D eigenvalue weighted by Crippen LogP contribution is 2.22. The summed E-state index contributed by atoms with van der Waals surface area (Å²) in [7, 11) is 0. The third kappa shape index (κ3) is 3.76. The third-order valence-corrected chi connectivity index (χ3v) is 3.59. The molecule has 116 valence electrons. The molecule has 0 fully saturated rings. The number of fused-ring (bicyclic) bond motifs is 1. The van der Waals surface area contributed by atoms with Crippen LogP contribution in [-0.4, -0.2) is 29.0 Å². The summed E-state index contributed by atoms with van der Waals surface area (Å²) in [5.41, 5.74) is 2.30. The van der Waals surface area contributed by atoms with Gasteiger partial charge in [-0.15, -0.1) is 0 Å². The molecule has 4 nitrogen and oxygen atoms in total. The van der Waals surface area contributed by atoms with Gasteiger partial charge in [0.05, 0.1) is 5.69 Å². The van der Waals surface area contributed by atoms with Crippen LogP contribution in [0.4, 0.5) is 5.82 Å². The second-order valence-corrected chi connectivity index (χ2v) is 5.92. The van der Waals surface area contributed by atoms with Crippen molar-refractivity contribution in [2.24, 2.45) is 5.92 Å². The number of nitrogens with zero attached hydrogens (tertiary/aromatic N) is 3. The molecule has 0 amide bonds. The summed E-state index contributed by atoms with van der Waals surface area (Å²) >= 11 is 0. The molecule has 4 heteroatoms. The Balaban J connectivity index is 2.37. The van der Waals surface area contributed by atoms with E-state index in [1.807, 2.05) is 6.07 Å². The number of hydrogen-bond donors (Lipinski definition) is 1. The first kappa shape index (κ1) is 15.8. The molecule has 0 saturated carbocycles. The average molecular weight is 288 g/mol. The Morgan fingerprint density at radius 1 is 1.29 bits per heavy atom. The number of hydrogen-bond acceptors (Lipinski definition) is 3. The van der Waals surface area contributed by atoms with Crippen LogP contribution in [0.25, 0.3) is 5.65 Å². The Hall–Kier alpha value is -1.55. The lowest BCUT2D eigenvalue weighted by molar-refractivity contribution is 0.608. The Morgan fingerprint density at radius 2 is 2.10 bits per heavy atom. The topological polar surface area (TPSA) is 32.6 Å². The van der Waals surface area contributed by atoms with Crippen molar-refractivity contribution >= 4 is 11.5 Å². The molecule has 0 bridgehead atoms. The van der Waals surface area contributed by atoms with Crippen molar-refractivity contribution in [1.82, 2.24) is 14.7 Å². The molecule has 0 radical (unpaired) electrons. The average Bonchev–Trinajstić information content (AvgIpc) is 2.84. The van der Waals surface area contributed by atoms with E-state index in [1.54, 1.807) is 0 Å².